The lowest BCUT2D eigenvalue weighted by molar-refractivity contribution is -0.131. The highest BCUT2D eigenvalue weighted by Crippen LogP contribution is 2.33. The molecule has 0 radical (unpaired) electrons. The van der Waals surface area contributed by atoms with Crippen LogP contribution in [-0.2, 0) is 9.59 Å². The minimum atomic E-state index is -0.491. The van der Waals surface area contributed by atoms with Crippen LogP contribution in [0.2, 0.25) is 0 Å². The van der Waals surface area contributed by atoms with E-state index in [1.807, 2.05) is 6.92 Å². The lowest BCUT2D eigenvalue weighted by Crippen LogP contribution is -2.58. The second kappa shape index (κ2) is 5.81. The third kappa shape index (κ3) is 2.41. The van der Waals surface area contributed by atoms with Gasteiger partial charge in [0.25, 0.3) is 0 Å². The van der Waals surface area contributed by atoms with E-state index in [1.54, 1.807) is 25.3 Å². The van der Waals surface area contributed by atoms with Crippen LogP contribution < -0.4 is 19.7 Å². The molecule has 1 fully saturated rings. The Balaban J connectivity index is 2.42. The zero-order valence-electron chi connectivity index (χ0n) is 11.8. The largest absolute Gasteiger partial charge is 0.493 e. The Kier molecular flexibility index (Phi) is 4.12. The first-order chi connectivity index (χ1) is 9.62. The van der Waals surface area contributed by atoms with Crippen molar-refractivity contribution in [2.24, 2.45) is 0 Å². The number of amides is 2. The predicted molar refractivity (Wildman–Crippen MR) is 74.1 cm³/mol. The van der Waals surface area contributed by atoms with Gasteiger partial charge < -0.3 is 14.8 Å². The monoisotopic (exact) mass is 278 g/mol. The highest BCUT2D eigenvalue weighted by Gasteiger charge is 2.34. The molecule has 0 saturated carbocycles. The van der Waals surface area contributed by atoms with Crippen LogP contribution in [0.5, 0.6) is 11.5 Å². The molecule has 2 rings (SSSR count). The van der Waals surface area contributed by atoms with Gasteiger partial charge in [0, 0.05) is 11.8 Å². The molecule has 1 aromatic carbocycles. The van der Waals surface area contributed by atoms with E-state index >= 15 is 0 Å². The number of benzene rings is 1. The van der Waals surface area contributed by atoms with E-state index in [0.29, 0.717) is 23.6 Å². The second-order valence-electron chi connectivity index (χ2n) is 4.44. The SMILES string of the molecule is CCC1C(=O)NCC(=O)N1c1ccc(OC)c(OC)c1. The zero-order chi connectivity index (χ0) is 14.7. The molecule has 1 aliphatic heterocycles. The topological polar surface area (TPSA) is 67.9 Å². The van der Waals surface area contributed by atoms with Crippen LogP contribution in [0, 0.1) is 0 Å². The normalized spacial score (nSPS) is 18.8. The number of anilines is 1. The Bertz CT molecular complexity index is 530. The first kappa shape index (κ1) is 14.2. The lowest BCUT2D eigenvalue weighted by atomic mass is 10.1. The summed E-state index contributed by atoms with van der Waals surface area (Å²) in [7, 11) is 3.08. The molecule has 0 spiro atoms. The first-order valence-electron chi connectivity index (χ1n) is 6.44. The number of nitrogens with zero attached hydrogens (tertiary/aromatic N) is 1. The summed E-state index contributed by atoms with van der Waals surface area (Å²) in [4.78, 5) is 25.5. The van der Waals surface area contributed by atoms with Gasteiger partial charge in [0.15, 0.2) is 11.5 Å². The van der Waals surface area contributed by atoms with Gasteiger partial charge in [-0.25, -0.2) is 0 Å². The van der Waals surface area contributed by atoms with Gasteiger partial charge in [-0.05, 0) is 18.6 Å². The van der Waals surface area contributed by atoms with Crippen molar-refractivity contribution in [1.29, 1.82) is 0 Å². The standard InChI is InChI=1S/C14H18N2O4/c1-4-10-14(18)15-8-13(17)16(10)9-5-6-11(19-2)12(7-9)20-3/h5-7,10H,4,8H2,1-3H3,(H,15,18). The average Bonchev–Trinajstić information content (AvgIpc) is 2.48. The van der Waals surface area contributed by atoms with Crippen molar-refractivity contribution in [2.75, 3.05) is 25.7 Å². The molecule has 1 heterocycles. The fraction of sp³-hybridized carbons (Fsp3) is 0.429. The summed E-state index contributed by atoms with van der Waals surface area (Å²) >= 11 is 0. The Morgan fingerprint density at radius 2 is 1.95 bits per heavy atom. The summed E-state index contributed by atoms with van der Waals surface area (Å²) in [6.45, 7) is 1.89. The quantitative estimate of drug-likeness (QED) is 0.890. The molecular formula is C14H18N2O4. The summed E-state index contributed by atoms with van der Waals surface area (Å²) < 4.78 is 10.4. The number of piperazine rings is 1. The molecule has 6 nitrogen and oxygen atoms in total. The predicted octanol–water partition coefficient (Wildman–Crippen LogP) is 0.945. The minimum absolute atomic E-state index is 0.0175. The zero-order valence-corrected chi connectivity index (χ0v) is 11.8. The van der Waals surface area contributed by atoms with E-state index in [4.69, 9.17) is 9.47 Å². The highest BCUT2D eigenvalue weighted by atomic mass is 16.5. The second-order valence-corrected chi connectivity index (χ2v) is 4.44. The maximum atomic E-state index is 12.1. The number of rotatable bonds is 4. The molecule has 108 valence electrons. The van der Waals surface area contributed by atoms with Crippen molar-refractivity contribution >= 4 is 17.5 Å². The molecule has 6 heteroatoms. The van der Waals surface area contributed by atoms with Crippen molar-refractivity contribution in [3.05, 3.63) is 18.2 Å². The Hall–Kier alpha value is -2.24. The molecule has 0 aromatic heterocycles. The molecule has 1 unspecified atom stereocenters. The maximum absolute atomic E-state index is 12.1. The summed E-state index contributed by atoms with van der Waals surface area (Å²) in [5.74, 6) is 0.836. The van der Waals surface area contributed by atoms with Crippen molar-refractivity contribution in [3.8, 4) is 11.5 Å². The highest BCUT2D eigenvalue weighted by molar-refractivity contribution is 6.06. The van der Waals surface area contributed by atoms with E-state index in [0.717, 1.165) is 0 Å². The molecule has 1 saturated heterocycles. The Labute approximate surface area is 117 Å². The van der Waals surface area contributed by atoms with Crippen LogP contribution in [0.1, 0.15) is 13.3 Å². The van der Waals surface area contributed by atoms with Gasteiger partial charge in [0.1, 0.15) is 6.04 Å². The minimum Gasteiger partial charge on any atom is -0.493 e. The number of hydrogen-bond acceptors (Lipinski definition) is 4. The summed E-state index contributed by atoms with van der Waals surface area (Å²) in [5, 5.41) is 2.60. The smallest absolute Gasteiger partial charge is 0.247 e. The van der Waals surface area contributed by atoms with Crippen LogP contribution in [-0.4, -0.2) is 38.6 Å². The Morgan fingerprint density at radius 1 is 1.25 bits per heavy atom. The fourth-order valence-electron chi connectivity index (χ4n) is 2.32. The number of carbonyl (C=O) groups is 2. The van der Waals surface area contributed by atoms with Crippen molar-refractivity contribution in [3.63, 3.8) is 0 Å². The Morgan fingerprint density at radius 3 is 2.55 bits per heavy atom. The molecular weight excluding hydrogens is 260 g/mol. The number of carbonyl (C=O) groups excluding carboxylic acids is 2. The molecule has 0 bridgehead atoms. The van der Waals surface area contributed by atoms with E-state index in [2.05, 4.69) is 5.32 Å². The number of nitrogens with one attached hydrogen (secondary N) is 1. The van der Waals surface area contributed by atoms with Crippen LogP contribution in [0.15, 0.2) is 18.2 Å². The molecule has 1 atom stereocenters. The van der Waals surface area contributed by atoms with Gasteiger partial charge in [-0.1, -0.05) is 6.92 Å². The van der Waals surface area contributed by atoms with Crippen molar-refractivity contribution in [2.45, 2.75) is 19.4 Å². The van der Waals surface area contributed by atoms with Crippen LogP contribution in [0.4, 0.5) is 5.69 Å². The number of ether oxygens (including phenoxy) is 2. The lowest BCUT2D eigenvalue weighted by Gasteiger charge is -2.34. The van der Waals surface area contributed by atoms with E-state index in [1.165, 1.54) is 12.0 Å². The van der Waals surface area contributed by atoms with Gasteiger partial charge in [0.2, 0.25) is 11.8 Å². The van der Waals surface area contributed by atoms with E-state index < -0.39 is 6.04 Å². The van der Waals surface area contributed by atoms with Crippen LogP contribution >= 0.6 is 0 Å². The van der Waals surface area contributed by atoms with Crippen molar-refractivity contribution < 1.29 is 19.1 Å². The summed E-state index contributed by atoms with van der Waals surface area (Å²) in [6, 6.07) is 4.69. The molecule has 1 aromatic rings. The van der Waals surface area contributed by atoms with Crippen LogP contribution in [0.3, 0.4) is 0 Å². The molecule has 1 aliphatic rings. The third-order valence-corrected chi connectivity index (χ3v) is 3.33. The first-order valence-corrected chi connectivity index (χ1v) is 6.44. The van der Waals surface area contributed by atoms with Gasteiger partial charge in [-0.15, -0.1) is 0 Å². The van der Waals surface area contributed by atoms with Crippen LogP contribution in [0.25, 0.3) is 0 Å². The summed E-state index contributed by atoms with van der Waals surface area (Å²) in [6.07, 6.45) is 0.548. The van der Waals surface area contributed by atoms with E-state index in [-0.39, 0.29) is 18.4 Å². The summed E-state index contributed by atoms with van der Waals surface area (Å²) in [5.41, 5.74) is 0.634. The van der Waals surface area contributed by atoms with E-state index in [9.17, 15) is 9.59 Å². The van der Waals surface area contributed by atoms with Gasteiger partial charge in [0.05, 0.1) is 20.8 Å². The number of hydrogen-bond donors (Lipinski definition) is 1. The third-order valence-electron chi connectivity index (χ3n) is 3.33. The fourth-order valence-corrected chi connectivity index (χ4v) is 2.32. The average molecular weight is 278 g/mol. The molecule has 0 aliphatic carbocycles. The molecule has 1 N–H and O–H groups in total. The molecule has 2 amide bonds. The van der Waals surface area contributed by atoms with Gasteiger partial charge in [-0.2, -0.15) is 0 Å². The molecule has 20 heavy (non-hydrogen) atoms. The number of methoxy groups -OCH3 is 2. The van der Waals surface area contributed by atoms with Gasteiger partial charge >= 0.3 is 0 Å². The maximum Gasteiger partial charge on any atom is 0.247 e. The van der Waals surface area contributed by atoms with Gasteiger partial charge in [-0.3, -0.25) is 14.5 Å². The van der Waals surface area contributed by atoms with Crippen molar-refractivity contribution in [1.82, 2.24) is 5.32 Å².